The Bertz CT molecular complexity index is 984. The minimum atomic E-state index is -4.44. The average molecular weight is 436 g/mol. The van der Waals surface area contributed by atoms with Crippen molar-refractivity contribution < 1.29 is 22.4 Å². The predicted octanol–water partition coefficient (Wildman–Crippen LogP) is 3.30. The number of anilines is 1. The van der Waals surface area contributed by atoms with Gasteiger partial charge in [-0.3, -0.25) is 4.79 Å². The molecule has 2 atom stereocenters. The molecule has 1 fully saturated rings. The van der Waals surface area contributed by atoms with Gasteiger partial charge >= 0.3 is 6.18 Å². The van der Waals surface area contributed by atoms with Crippen LogP contribution in [0.4, 0.5) is 23.4 Å². The van der Waals surface area contributed by atoms with Gasteiger partial charge in [-0.25, -0.2) is 9.37 Å². The number of amides is 1. The van der Waals surface area contributed by atoms with Gasteiger partial charge in [0.05, 0.1) is 29.2 Å². The highest BCUT2D eigenvalue weighted by molar-refractivity contribution is 6.05. The zero-order valence-corrected chi connectivity index (χ0v) is 16.4. The van der Waals surface area contributed by atoms with Gasteiger partial charge in [-0.1, -0.05) is 6.08 Å². The van der Waals surface area contributed by atoms with Crippen LogP contribution in [0.25, 0.3) is 5.70 Å². The predicted molar refractivity (Wildman–Crippen MR) is 104 cm³/mol. The first kappa shape index (κ1) is 21.0. The van der Waals surface area contributed by atoms with E-state index in [0.717, 1.165) is 18.7 Å². The highest BCUT2D eigenvalue weighted by Crippen LogP contribution is 2.30. The summed E-state index contributed by atoms with van der Waals surface area (Å²) >= 11 is 0. The van der Waals surface area contributed by atoms with Gasteiger partial charge in [0, 0.05) is 31.7 Å². The molecule has 2 aromatic rings. The normalized spacial score (nSPS) is 22.0. The molecule has 2 aromatic heterocycles. The van der Waals surface area contributed by atoms with Crippen molar-refractivity contribution in [3.63, 3.8) is 0 Å². The quantitative estimate of drug-likeness (QED) is 0.745. The fraction of sp³-hybridized carbons (Fsp3) is 0.400. The monoisotopic (exact) mass is 436 g/mol. The highest BCUT2D eigenvalue weighted by atomic mass is 19.4. The number of carbonyl (C=O) groups excluding carboxylic acids is 1. The van der Waals surface area contributed by atoms with Gasteiger partial charge in [-0.15, -0.1) is 0 Å². The molecule has 1 aliphatic heterocycles. The lowest BCUT2D eigenvalue weighted by atomic mass is 9.99. The molecule has 2 aliphatic rings. The summed E-state index contributed by atoms with van der Waals surface area (Å²) < 4.78 is 52.0. The largest absolute Gasteiger partial charge is 0.417 e. The molecule has 0 bridgehead atoms. The number of hydrogen-bond acceptors (Lipinski definition) is 5. The van der Waals surface area contributed by atoms with E-state index in [0.29, 0.717) is 36.6 Å². The second kappa shape index (κ2) is 8.48. The Hall–Kier alpha value is -3.24. The van der Waals surface area contributed by atoms with Crippen LogP contribution in [-0.2, 0) is 11.0 Å². The standard InChI is InChI=1S/C20H20F4N6O/c21-14-4-5-16(17(10-14)30-26-7-8-27-30)19(31)29-9-1-2-15(12-29)28-18-6-3-13(11-25-18)20(22,23)24/h3,5-8,10-11,14-15H,1-2,4,9,12H2,(H,25,28). The Balaban J connectivity index is 1.44. The maximum absolute atomic E-state index is 13.9. The molecule has 1 amide bonds. The van der Waals surface area contributed by atoms with Gasteiger partial charge in [0.1, 0.15) is 12.0 Å². The third-order valence-electron chi connectivity index (χ3n) is 5.18. The van der Waals surface area contributed by atoms with Crippen LogP contribution < -0.4 is 5.32 Å². The first-order valence-corrected chi connectivity index (χ1v) is 9.83. The van der Waals surface area contributed by atoms with Gasteiger partial charge in [0.15, 0.2) is 0 Å². The lowest BCUT2D eigenvalue weighted by Crippen LogP contribution is -2.46. The van der Waals surface area contributed by atoms with Crippen molar-refractivity contribution in [2.24, 2.45) is 0 Å². The fourth-order valence-electron chi connectivity index (χ4n) is 3.68. The molecule has 164 valence electrons. The number of rotatable bonds is 4. The van der Waals surface area contributed by atoms with Crippen LogP contribution >= 0.6 is 0 Å². The topological polar surface area (TPSA) is 75.9 Å². The zero-order chi connectivity index (χ0) is 22.0. The molecule has 0 radical (unpaired) electrons. The van der Waals surface area contributed by atoms with Crippen LogP contribution in [-0.4, -0.2) is 56.1 Å². The third kappa shape index (κ3) is 4.75. The van der Waals surface area contributed by atoms with Gasteiger partial charge < -0.3 is 10.2 Å². The van der Waals surface area contributed by atoms with E-state index in [1.807, 2.05) is 0 Å². The van der Waals surface area contributed by atoms with Crippen LogP contribution in [0.5, 0.6) is 0 Å². The van der Waals surface area contributed by atoms with Crippen molar-refractivity contribution in [3.05, 3.63) is 54.0 Å². The van der Waals surface area contributed by atoms with Crippen molar-refractivity contribution in [1.29, 1.82) is 0 Å². The van der Waals surface area contributed by atoms with Gasteiger partial charge in [-0.05, 0) is 31.1 Å². The molecular formula is C20H20F4N6O. The number of allylic oxidation sites excluding steroid dienone is 2. The third-order valence-corrected chi connectivity index (χ3v) is 5.18. The molecule has 7 nitrogen and oxygen atoms in total. The van der Waals surface area contributed by atoms with Gasteiger partial charge in [0.25, 0.3) is 5.91 Å². The molecule has 2 unspecified atom stereocenters. The SMILES string of the molecule is O=C(C1=CCC(F)C=C1n1nccn1)N1CCCC(Nc2ccc(C(F)(F)F)cn2)C1. The summed E-state index contributed by atoms with van der Waals surface area (Å²) in [5, 5.41) is 11.1. The highest BCUT2D eigenvalue weighted by Gasteiger charge is 2.32. The lowest BCUT2D eigenvalue weighted by molar-refractivity contribution is -0.137. The Labute approximate surface area is 175 Å². The lowest BCUT2D eigenvalue weighted by Gasteiger charge is -2.34. The summed E-state index contributed by atoms with van der Waals surface area (Å²) in [7, 11) is 0. The minimum absolute atomic E-state index is 0.0941. The second-order valence-electron chi connectivity index (χ2n) is 7.40. The first-order valence-electron chi connectivity index (χ1n) is 9.83. The van der Waals surface area contributed by atoms with E-state index < -0.39 is 17.9 Å². The smallest absolute Gasteiger partial charge is 0.366 e. The van der Waals surface area contributed by atoms with Crippen molar-refractivity contribution in [2.45, 2.75) is 37.7 Å². The summed E-state index contributed by atoms with van der Waals surface area (Å²) in [6.07, 6.45) is 2.44. The zero-order valence-electron chi connectivity index (χ0n) is 16.4. The van der Waals surface area contributed by atoms with Crippen LogP contribution in [0, 0.1) is 0 Å². The summed E-state index contributed by atoms with van der Waals surface area (Å²) in [5.74, 6) is 0.0492. The van der Waals surface area contributed by atoms with Crippen molar-refractivity contribution in [1.82, 2.24) is 24.9 Å². The van der Waals surface area contributed by atoms with E-state index in [1.165, 1.54) is 29.3 Å². The number of halogens is 4. The minimum Gasteiger partial charge on any atom is -0.366 e. The molecule has 1 saturated heterocycles. The van der Waals surface area contributed by atoms with Gasteiger partial charge in [0.2, 0.25) is 0 Å². The molecular weight excluding hydrogens is 416 g/mol. The van der Waals surface area contributed by atoms with E-state index in [9.17, 15) is 22.4 Å². The molecule has 0 aromatic carbocycles. The summed E-state index contributed by atoms with van der Waals surface area (Å²) in [5.41, 5.74) is -0.188. The Kier molecular flexibility index (Phi) is 5.75. The Morgan fingerprint density at radius 2 is 1.97 bits per heavy atom. The van der Waals surface area contributed by atoms with Crippen LogP contribution in [0.3, 0.4) is 0 Å². The average Bonchev–Trinajstić information content (AvgIpc) is 3.28. The van der Waals surface area contributed by atoms with Crippen molar-refractivity contribution in [2.75, 3.05) is 18.4 Å². The molecule has 4 rings (SSSR count). The van der Waals surface area contributed by atoms with Crippen LogP contribution in [0.1, 0.15) is 24.8 Å². The summed E-state index contributed by atoms with van der Waals surface area (Å²) in [6.45, 7) is 0.866. The number of alkyl halides is 4. The number of carbonyl (C=O) groups is 1. The molecule has 0 spiro atoms. The van der Waals surface area contributed by atoms with E-state index in [-0.39, 0.29) is 18.4 Å². The van der Waals surface area contributed by atoms with Crippen LogP contribution in [0.15, 0.2) is 48.4 Å². The number of piperidine rings is 1. The van der Waals surface area contributed by atoms with Gasteiger partial charge in [-0.2, -0.15) is 28.2 Å². The second-order valence-corrected chi connectivity index (χ2v) is 7.40. The molecule has 3 heterocycles. The van der Waals surface area contributed by atoms with E-state index in [4.69, 9.17) is 0 Å². The van der Waals surface area contributed by atoms with Crippen LogP contribution in [0.2, 0.25) is 0 Å². The molecule has 1 aliphatic carbocycles. The molecule has 0 saturated carbocycles. The number of pyridine rings is 1. The molecule has 31 heavy (non-hydrogen) atoms. The van der Waals surface area contributed by atoms with Crippen molar-refractivity contribution in [3.8, 4) is 0 Å². The van der Waals surface area contributed by atoms with Crippen molar-refractivity contribution >= 4 is 17.4 Å². The Morgan fingerprint density at radius 3 is 2.65 bits per heavy atom. The maximum atomic E-state index is 13.9. The van der Waals surface area contributed by atoms with E-state index in [1.54, 1.807) is 11.0 Å². The fourth-order valence-corrected chi connectivity index (χ4v) is 3.68. The molecule has 1 N–H and O–H groups in total. The summed E-state index contributed by atoms with van der Waals surface area (Å²) in [6, 6.07) is 2.07. The number of likely N-dealkylation sites (tertiary alicyclic amines) is 1. The number of nitrogens with one attached hydrogen (secondary N) is 1. The van der Waals surface area contributed by atoms with E-state index >= 15 is 0 Å². The maximum Gasteiger partial charge on any atom is 0.417 e. The van der Waals surface area contributed by atoms with E-state index in [2.05, 4.69) is 20.5 Å². The summed E-state index contributed by atoms with van der Waals surface area (Å²) in [4.78, 5) is 19.9. The number of hydrogen-bond donors (Lipinski definition) is 1. The number of nitrogens with zero attached hydrogens (tertiary/aromatic N) is 5. The Morgan fingerprint density at radius 1 is 1.19 bits per heavy atom. The number of aromatic nitrogens is 4. The first-order chi connectivity index (χ1) is 14.8. The molecule has 11 heteroatoms.